The van der Waals surface area contributed by atoms with Crippen molar-refractivity contribution in [2.45, 2.75) is 25.5 Å². The molecule has 0 aromatic rings. The van der Waals surface area contributed by atoms with Gasteiger partial charge in [-0.3, -0.25) is 4.79 Å². The average Bonchev–Trinajstić information content (AvgIpc) is 2.00. The number of ketones is 1. The molecule has 0 aromatic heterocycles. The van der Waals surface area contributed by atoms with Crippen LogP contribution < -0.4 is 0 Å². The Morgan fingerprint density at radius 1 is 1.46 bits per heavy atom. The van der Waals surface area contributed by atoms with Gasteiger partial charge >= 0.3 is 0 Å². The molecule has 0 heterocycles. The average molecular weight is 224 g/mol. The Hall–Kier alpha value is -0.0300. The maximum absolute atomic E-state index is 11.1. The van der Waals surface area contributed by atoms with Gasteiger partial charge in [0.2, 0.25) is 0 Å². The summed E-state index contributed by atoms with van der Waals surface area (Å²) in [5, 5.41) is -0.0771. The number of carbonyl (C=O) groups excluding carboxylic acids is 1. The number of carbonyl (C=O) groups is 1. The third-order valence-corrected chi connectivity index (χ3v) is 4.03. The monoisotopic (exact) mass is 224 g/mol. The largest absolute Gasteiger partial charge is 0.298 e. The van der Waals surface area contributed by atoms with Crippen LogP contribution in [0.2, 0.25) is 0 Å². The minimum absolute atomic E-state index is 0.0771. The van der Waals surface area contributed by atoms with Gasteiger partial charge in [-0.2, -0.15) is 0 Å². The summed E-state index contributed by atoms with van der Waals surface area (Å²) < 4.78 is 21.5. The summed E-state index contributed by atoms with van der Waals surface area (Å²) in [6.45, 7) is 3.63. The van der Waals surface area contributed by atoms with E-state index >= 15 is 0 Å². The number of hydrogen-bond acceptors (Lipinski definition) is 4. The SMILES string of the molecule is CCC(=O)C(C)SCCS(C)(=O)=O. The molecule has 13 heavy (non-hydrogen) atoms. The predicted molar refractivity (Wildman–Crippen MR) is 56.9 cm³/mol. The van der Waals surface area contributed by atoms with Gasteiger partial charge in [0.1, 0.15) is 15.6 Å². The van der Waals surface area contributed by atoms with E-state index in [0.717, 1.165) is 0 Å². The highest BCUT2D eigenvalue weighted by molar-refractivity contribution is 8.01. The minimum Gasteiger partial charge on any atom is -0.298 e. The van der Waals surface area contributed by atoms with Gasteiger partial charge in [0.15, 0.2) is 0 Å². The van der Waals surface area contributed by atoms with Gasteiger partial charge < -0.3 is 0 Å². The quantitative estimate of drug-likeness (QED) is 0.678. The standard InChI is InChI=1S/C8H16O3S2/c1-4-8(9)7(2)12-5-6-13(3,10)11/h7H,4-6H2,1-3H3. The zero-order valence-corrected chi connectivity index (χ0v) is 9.87. The smallest absolute Gasteiger partial charge is 0.148 e. The van der Waals surface area contributed by atoms with Gasteiger partial charge in [-0.05, 0) is 6.92 Å². The molecule has 5 heteroatoms. The van der Waals surface area contributed by atoms with Crippen molar-refractivity contribution in [3.8, 4) is 0 Å². The molecule has 0 aliphatic carbocycles. The lowest BCUT2D eigenvalue weighted by molar-refractivity contribution is -0.117. The van der Waals surface area contributed by atoms with E-state index in [0.29, 0.717) is 12.2 Å². The fourth-order valence-corrected chi connectivity index (χ4v) is 3.06. The number of hydrogen-bond donors (Lipinski definition) is 0. The van der Waals surface area contributed by atoms with Gasteiger partial charge in [-0.25, -0.2) is 8.42 Å². The molecule has 0 bridgehead atoms. The zero-order valence-electron chi connectivity index (χ0n) is 8.24. The minimum atomic E-state index is -2.88. The van der Waals surface area contributed by atoms with E-state index in [-0.39, 0.29) is 16.8 Å². The summed E-state index contributed by atoms with van der Waals surface area (Å²) >= 11 is 1.41. The highest BCUT2D eigenvalue weighted by atomic mass is 32.2. The van der Waals surface area contributed by atoms with Crippen LogP contribution in [0.5, 0.6) is 0 Å². The Bertz CT molecular complexity index is 257. The Labute approximate surface area is 84.2 Å². The summed E-state index contributed by atoms with van der Waals surface area (Å²) in [7, 11) is -2.88. The molecule has 0 N–H and O–H groups in total. The van der Waals surface area contributed by atoms with Crippen molar-refractivity contribution in [2.24, 2.45) is 0 Å². The van der Waals surface area contributed by atoms with Gasteiger partial charge in [0, 0.05) is 18.4 Å². The van der Waals surface area contributed by atoms with Crippen LogP contribution in [0.1, 0.15) is 20.3 Å². The summed E-state index contributed by atoms with van der Waals surface area (Å²) in [5.74, 6) is 0.837. The molecule has 0 spiro atoms. The first kappa shape index (κ1) is 13.0. The first-order chi connectivity index (χ1) is 5.87. The fourth-order valence-electron chi connectivity index (χ4n) is 0.757. The van der Waals surface area contributed by atoms with E-state index in [1.807, 2.05) is 13.8 Å². The van der Waals surface area contributed by atoms with Crippen LogP contribution in [0.4, 0.5) is 0 Å². The topological polar surface area (TPSA) is 51.2 Å². The van der Waals surface area contributed by atoms with Gasteiger partial charge in [-0.1, -0.05) is 6.92 Å². The van der Waals surface area contributed by atoms with Crippen LogP contribution in [0.3, 0.4) is 0 Å². The van der Waals surface area contributed by atoms with Crippen LogP contribution in [-0.4, -0.2) is 37.2 Å². The summed E-state index contributed by atoms with van der Waals surface area (Å²) in [6, 6.07) is 0. The lowest BCUT2D eigenvalue weighted by Crippen LogP contribution is -2.14. The fraction of sp³-hybridized carbons (Fsp3) is 0.875. The molecular formula is C8H16O3S2. The highest BCUT2D eigenvalue weighted by Crippen LogP contribution is 2.12. The first-order valence-corrected chi connectivity index (χ1v) is 7.29. The molecule has 0 aliphatic heterocycles. The lowest BCUT2D eigenvalue weighted by atomic mass is 10.2. The maximum atomic E-state index is 11.1. The van der Waals surface area contributed by atoms with Crippen molar-refractivity contribution < 1.29 is 13.2 Å². The maximum Gasteiger partial charge on any atom is 0.148 e. The van der Waals surface area contributed by atoms with Gasteiger partial charge in [0.05, 0.1) is 11.0 Å². The van der Waals surface area contributed by atoms with Crippen LogP contribution >= 0.6 is 11.8 Å². The summed E-state index contributed by atoms with van der Waals surface area (Å²) in [5.41, 5.74) is 0. The van der Waals surface area contributed by atoms with E-state index in [2.05, 4.69) is 0 Å². The number of Topliss-reactive ketones (excluding diaryl/α,β-unsaturated/α-hetero) is 1. The van der Waals surface area contributed by atoms with Crippen LogP contribution in [0.25, 0.3) is 0 Å². The van der Waals surface area contributed by atoms with Crippen molar-refractivity contribution in [3.05, 3.63) is 0 Å². The van der Waals surface area contributed by atoms with Gasteiger partial charge in [-0.15, -0.1) is 11.8 Å². The van der Waals surface area contributed by atoms with E-state index in [1.54, 1.807) is 0 Å². The molecule has 0 radical (unpaired) electrons. The first-order valence-electron chi connectivity index (χ1n) is 4.19. The molecule has 0 saturated carbocycles. The Morgan fingerprint density at radius 3 is 2.38 bits per heavy atom. The molecule has 78 valence electrons. The third kappa shape index (κ3) is 7.07. The Balaban J connectivity index is 3.72. The van der Waals surface area contributed by atoms with Gasteiger partial charge in [0.25, 0.3) is 0 Å². The summed E-state index contributed by atoms with van der Waals surface area (Å²) in [6.07, 6.45) is 1.73. The lowest BCUT2D eigenvalue weighted by Gasteiger charge is -2.07. The van der Waals surface area contributed by atoms with E-state index in [1.165, 1.54) is 18.0 Å². The van der Waals surface area contributed by atoms with Crippen molar-refractivity contribution in [1.82, 2.24) is 0 Å². The van der Waals surface area contributed by atoms with Crippen molar-refractivity contribution in [1.29, 1.82) is 0 Å². The summed E-state index contributed by atoms with van der Waals surface area (Å²) in [4.78, 5) is 11.1. The predicted octanol–water partition coefficient (Wildman–Crippen LogP) is 1.13. The normalized spacial score (nSPS) is 14.1. The second-order valence-corrected chi connectivity index (χ2v) is 6.67. The Morgan fingerprint density at radius 2 is 2.00 bits per heavy atom. The highest BCUT2D eigenvalue weighted by Gasteiger charge is 2.11. The number of sulfone groups is 1. The molecule has 1 unspecified atom stereocenters. The van der Waals surface area contributed by atoms with E-state index in [4.69, 9.17) is 0 Å². The van der Waals surface area contributed by atoms with Crippen LogP contribution in [0, 0.1) is 0 Å². The molecule has 0 aromatic carbocycles. The van der Waals surface area contributed by atoms with Crippen molar-refractivity contribution >= 4 is 27.4 Å². The molecule has 0 rings (SSSR count). The molecule has 1 atom stereocenters. The molecule has 0 fully saturated rings. The molecule has 0 amide bonds. The molecule has 3 nitrogen and oxygen atoms in total. The molecule has 0 saturated heterocycles. The second kappa shape index (κ2) is 5.65. The molecule has 0 aliphatic rings. The van der Waals surface area contributed by atoms with Crippen LogP contribution in [-0.2, 0) is 14.6 Å². The van der Waals surface area contributed by atoms with Crippen LogP contribution in [0.15, 0.2) is 0 Å². The zero-order chi connectivity index (χ0) is 10.5. The molecular weight excluding hydrogens is 208 g/mol. The third-order valence-electron chi connectivity index (χ3n) is 1.62. The van der Waals surface area contributed by atoms with Crippen molar-refractivity contribution in [2.75, 3.05) is 17.8 Å². The van der Waals surface area contributed by atoms with E-state index in [9.17, 15) is 13.2 Å². The van der Waals surface area contributed by atoms with Crippen molar-refractivity contribution in [3.63, 3.8) is 0 Å². The second-order valence-electron chi connectivity index (χ2n) is 2.96. The number of thioether (sulfide) groups is 1. The Kier molecular flexibility index (Phi) is 5.64. The number of rotatable bonds is 6. The van der Waals surface area contributed by atoms with E-state index < -0.39 is 9.84 Å².